The number of sulfone groups is 1. The van der Waals surface area contributed by atoms with Gasteiger partial charge in [-0.25, -0.2) is 13.2 Å². The molecule has 31 heavy (non-hydrogen) atoms. The number of thioether (sulfide) groups is 1. The van der Waals surface area contributed by atoms with Crippen molar-refractivity contribution >= 4 is 38.8 Å². The maximum absolute atomic E-state index is 12.4. The van der Waals surface area contributed by atoms with Crippen LogP contribution in [-0.4, -0.2) is 65.4 Å². The summed E-state index contributed by atoms with van der Waals surface area (Å²) in [6.45, 7) is 7.91. The first-order chi connectivity index (χ1) is 14.4. The van der Waals surface area contributed by atoms with Crippen molar-refractivity contribution in [2.75, 3.05) is 18.1 Å². The van der Waals surface area contributed by atoms with Crippen LogP contribution in [0.1, 0.15) is 38.3 Å². The van der Waals surface area contributed by atoms with Gasteiger partial charge in [0.15, 0.2) is 15.0 Å². The van der Waals surface area contributed by atoms with Crippen LogP contribution in [-0.2, 0) is 25.9 Å². The Labute approximate surface area is 187 Å². The topological polar surface area (TPSA) is 105 Å². The zero-order valence-corrected chi connectivity index (χ0v) is 19.9. The lowest BCUT2D eigenvalue weighted by Gasteiger charge is -2.24. The summed E-state index contributed by atoms with van der Waals surface area (Å²) in [5, 5.41) is 2.98. The van der Waals surface area contributed by atoms with Crippen LogP contribution in [0.3, 0.4) is 0 Å². The number of hydrogen-bond donors (Lipinski definition) is 1. The van der Waals surface area contributed by atoms with E-state index in [2.05, 4.69) is 10.3 Å². The molecule has 2 amide bonds. The van der Waals surface area contributed by atoms with Crippen molar-refractivity contribution in [1.82, 2.24) is 10.2 Å². The molecule has 0 aromatic heterocycles. The molecule has 8 nitrogen and oxygen atoms in total. The van der Waals surface area contributed by atoms with E-state index in [0.29, 0.717) is 11.7 Å². The second-order valence-corrected chi connectivity index (χ2v) is 12.2. The number of alkyl carbamates (subject to hydrolysis) is 1. The number of rotatable bonds is 5. The molecule has 3 rings (SSSR count). The van der Waals surface area contributed by atoms with E-state index in [1.807, 2.05) is 36.1 Å². The molecule has 0 aliphatic carbocycles. The zero-order valence-electron chi connectivity index (χ0n) is 18.3. The molecule has 0 bridgehead atoms. The van der Waals surface area contributed by atoms with Crippen LogP contribution < -0.4 is 5.32 Å². The predicted octanol–water partition coefficient (Wildman–Crippen LogP) is 2.51. The third kappa shape index (κ3) is 6.70. The van der Waals surface area contributed by atoms with E-state index in [4.69, 9.17) is 4.74 Å². The van der Waals surface area contributed by atoms with Crippen LogP contribution in [0.15, 0.2) is 29.3 Å². The average molecular weight is 468 g/mol. The normalized spacial score (nSPS) is 23.6. The van der Waals surface area contributed by atoms with Gasteiger partial charge in [0.1, 0.15) is 5.60 Å². The van der Waals surface area contributed by atoms with Crippen molar-refractivity contribution < 1.29 is 22.7 Å². The third-order valence-corrected chi connectivity index (χ3v) is 8.12. The lowest BCUT2D eigenvalue weighted by molar-refractivity contribution is -0.117. The summed E-state index contributed by atoms with van der Waals surface area (Å²) >= 11 is 1.35. The zero-order chi connectivity index (χ0) is 22.8. The summed E-state index contributed by atoms with van der Waals surface area (Å²) in [6.07, 6.45) is -0.543. The minimum Gasteiger partial charge on any atom is -0.444 e. The third-order valence-electron chi connectivity index (χ3n) is 4.88. The van der Waals surface area contributed by atoms with Crippen molar-refractivity contribution in [3.8, 4) is 0 Å². The molecule has 0 saturated carbocycles. The van der Waals surface area contributed by atoms with Crippen LogP contribution >= 0.6 is 11.8 Å². The van der Waals surface area contributed by atoms with Gasteiger partial charge in [0.25, 0.3) is 0 Å². The van der Waals surface area contributed by atoms with Crippen LogP contribution in [0.5, 0.6) is 0 Å². The van der Waals surface area contributed by atoms with Crippen molar-refractivity contribution in [2.45, 2.75) is 57.6 Å². The van der Waals surface area contributed by atoms with Gasteiger partial charge in [-0.15, -0.1) is 0 Å². The molecule has 2 unspecified atom stereocenters. The molecule has 1 aromatic rings. The van der Waals surface area contributed by atoms with Crippen molar-refractivity contribution in [3.05, 3.63) is 35.4 Å². The van der Waals surface area contributed by atoms with Gasteiger partial charge in [0, 0.05) is 24.8 Å². The standard InChI is InChI=1S/C21H29N3O5S2/c1-14-5-7-15(8-6-14)11-24-16-12-31(27,28)13-17(16)30-19(24)23-18(25)9-10-22-20(26)29-21(2,3)4/h5-8,16-17H,9-13H2,1-4H3,(H,22,26). The number of fused-ring (bicyclic) bond motifs is 1. The Hall–Kier alpha value is -2.07. The van der Waals surface area contributed by atoms with Gasteiger partial charge in [-0.05, 0) is 33.3 Å². The SMILES string of the molecule is Cc1ccc(CN2C(=NC(=O)CCNC(=O)OC(C)(C)C)SC3CS(=O)(=O)CC32)cc1. The van der Waals surface area contributed by atoms with Crippen molar-refractivity contribution in [1.29, 1.82) is 0 Å². The largest absolute Gasteiger partial charge is 0.444 e. The summed E-state index contributed by atoms with van der Waals surface area (Å²) < 4.78 is 29.4. The van der Waals surface area contributed by atoms with Crippen LogP contribution in [0, 0.1) is 6.92 Å². The first kappa shape index (κ1) is 23.6. The number of aryl methyl sites for hydroxylation is 1. The number of amides is 2. The van der Waals surface area contributed by atoms with Crippen LogP contribution in [0.2, 0.25) is 0 Å². The first-order valence-corrected chi connectivity index (χ1v) is 12.9. The molecular weight excluding hydrogens is 438 g/mol. The van der Waals surface area contributed by atoms with Gasteiger partial charge in [-0.1, -0.05) is 41.6 Å². The highest BCUT2D eigenvalue weighted by Gasteiger charge is 2.48. The fraction of sp³-hybridized carbons (Fsp3) is 0.571. The second-order valence-electron chi connectivity index (χ2n) is 8.88. The Morgan fingerprint density at radius 2 is 1.90 bits per heavy atom. The minimum atomic E-state index is -3.09. The Bertz CT molecular complexity index is 968. The fourth-order valence-electron chi connectivity index (χ4n) is 3.46. The number of nitrogens with zero attached hydrogens (tertiary/aromatic N) is 2. The minimum absolute atomic E-state index is 0.0370. The predicted molar refractivity (Wildman–Crippen MR) is 122 cm³/mol. The fourth-order valence-corrected chi connectivity index (χ4v) is 7.43. The molecule has 2 fully saturated rings. The molecule has 2 heterocycles. The Morgan fingerprint density at radius 1 is 1.23 bits per heavy atom. The molecule has 1 aromatic carbocycles. The second kappa shape index (κ2) is 9.20. The molecular formula is C21H29N3O5S2. The van der Waals surface area contributed by atoms with E-state index < -0.39 is 21.5 Å². The summed E-state index contributed by atoms with van der Waals surface area (Å²) in [7, 11) is -3.09. The van der Waals surface area contributed by atoms with E-state index in [9.17, 15) is 18.0 Å². The lowest BCUT2D eigenvalue weighted by atomic mass is 10.1. The number of hydrogen-bond acceptors (Lipinski definition) is 6. The highest BCUT2D eigenvalue weighted by atomic mass is 32.2. The van der Waals surface area contributed by atoms with Gasteiger partial charge < -0.3 is 15.0 Å². The smallest absolute Gasteiger partial charge is 0.407 e. The lowest BCUT2D eigenvalue weighted by Crippen LogP contribution is -2.37. The molecule has 2 aliphatic rings. The number of carbonyl (C=O) groups is 2. The molecule has 2 aliphatic heterocycles. The Morgan fingerprint density at radius 3 is 2.55 bits per heavy atom. The van der Waals surface area contributed by atoms with Crippen LogP contribution in [0.4, 0.5) is 4.79 Å². The molecule has 10 heteroatoms. The summed E-state index contributed by atoms with van der Waals surface area (Å²) in [5.41, 5.74) is 1.56. The van der Waals surface area contributed by atoms with Crippen molar-refractivity contribution in [2.24, 2.45) is 4.99 Å². The first-order valence-electron chi connectivity index (χ1n) is 10.2. The molecule has 0 spiro atoms. The summed E-state index contributed by atoms with van der Waals surface area (Å²) in [6, 6.07) is 7.82. The number of nitrogens with one attached hydrogen (secondary N) is 1. The number of aliphatic imine (C=N–C) groups is 1. The number of benzene rings is 1. The van der Waals surface area contributed by atoms with Gasteiger partial charge in [0.2, 0.25) is 5.91 Å². The summed E-state index contributed by atoms with van der Waals surface area (Å²) in [4.78, 5) is 30.3. The Balaban J connectivity index is 1.66. The van der Waals surface area contributed by atoms with E-state index in [0.717, 1.165) is 11.1 Å². The average Bonchev–Trinajstić information content (AvgIpc) is 3.07. The number of ether oxygens (including phenoxy) is 1. The maximum Gasteiger partial charge on any atom is 0.407 e. The van der Waals surface area contributed by atoms with Gasteiger partial charge in [-0.3, -0.25) is 4.79 Å². The molecule has 170 valence electrons. The molecule has 1 N–H and O–H groups in total. The van der Waals surface area contributed by atoms with Crippen molar-refractivity contribution in [3.63, 3.8) is 0 Å². The van der Waals surface area contributed by atoms with Gasteiger partial charge in [-0.2, -0.15) is 4.99 Å². The van der Waals surface area contributed by atoms with Crippen LogP contribution in [0.25, 0.3) is 0 Å². The maximum atomic E-state index is 12.4. The number of amidine groups is 1. The van der Waals surface area contributed by atoms with E-state index in [-0.39, 0.29) is 41.7 Å². The summed E-state index contributed by atoms with van der Waals surface area (Å²) in [5.74, 6) is -0.195. The Kier molecular flexibility index (Phi) is 7.00. The quantitative estimate of drug-likeness (QED) is 0.709. The highest BCUT2D eigenvalue weighted by molar-refractivity contribution is 8.15. The number of carbonyl (C=O) groups excluding carboxylic acids is 2. The molecule has 2 atom stereocenters. The van der Waals surface area contributed by atoms with E-state index >= 15 is 0 Å². The highest BCUT2D eigenvalue weighted by Crippen LogP contribution is 2.39. The van der Waals surface area contributed by atoms with Gasteiger partial charge in [0.05, 0.1) is 17.5 Å². The van der Waals surface area contributed by atoms with Gasteiger partial charge >= 0.3 is 6.09 Å². The van der Waals surface area contributed by atoms with E-state index in [1.165, 1.54) is 11.8 Å². The molecule has 2 saturated heterocycles. The van der Waals surface area contributed by atoms with E-state index in [1.54, 1.807) is 20.8 Å². The monoisotopic (exact) mass is 467 g/mol. The molecule has 0 radical (unpaired) electrons.